The molecule has 0 aromatic rings. The van der Waals surface area contributed by atoms with Crippen LogP contribution in [0.2, 0.25) is 0 Å². The predicted molar refractivity (Wildman–Crippen MR) is 47.8 cm³/mol. The van der Waals surface area contributed by atoms with Crippen molar-refractivity contribution in [3.05, 3.63) is 0 Å². The molecule has 0 bridgehead atoms. The topological polar surface area (TPSA) is 12.0 Å². The van der Waals surface area contributed by atoms with Crippen LogP contribution < -0.4 is 5.32 Å². The number of nitrogens with one attached hydrogen (secondary N) is 1. The van der Waals surface area contributed by atoms with E-state index in [2.05, 4.69) is 12.2 Å². The molecule has 1 N–H and O–H groups in total. The summed E-state index contributed by atoms with van der Waals surface area (Å²) in [5.41, 5.74) is 0. The fourth-order valence-corrected chi connectivity index (χ4v) is 1.60. The van der Waals surface area contributed by atoms with Gasteiger partial charge in [0.15, 0.2) is 0 Å². The average Bonchev–Trinajstić information content (AvgIpc) is 1.91. The van der Waals surface area contributed by atoms with E-state index >= 15 is 0 Å². The standard InChI is InChI=1S/C8H17N.ClH/c1-2-9-8-6-4-3-5-7-8;/h8-9H,2-7H2,1H3;1H. The third-order valence-corrected chi connectivity index (χ3v) is 2.10. The molecule has 0 aromatic heterocycles. The molecule has 0 atom stereocenters. The molecule has 2 heteroatoms. The third kappa shape index (κ3) is 3.43. The Labute approximate surface area is 70.0 Å². The Morgan fingerprint density at radius 3 is 2.30 bits per heavy atom. The molecule has 0 aromatic carbocycles. The van der Waals surface area contributed by atoms with Gasteiger partial charge in [-0.3, -0.25) is 0 Å². The molecule has 0 amide bonds. The van der Waals surface area contributed by atoms with E-state index in [1.807, 2.05) is 0 Å². The lowest BCUT2D eigenvalue weighted by atomic mass is 9.96. The fraction of sp³-hybridized carbons (Fsp3) is 1.00. The lowest BCUT2D eigenvalue weighted by molar-refractivity contribution is 0.380. The van der Waals surface area contributed by atoms with Gasteiger partial charge in [-0.2, -0.15) is 0 Å². The lowest BCUT2D eigenvalue weighted by Crippen LogP contribution is -2.30. The van der Waals surface area contributed by atoms with Crippen molar-refractivity contribution in [2.75, 3.05) is 6.54 Å². The first kappa shape index (κ1) is 10.2. The van der Waals surface area contributed by atoms with Gasteiger partial charge in [0.05, 0.1) is 0 Å². The van der Waals surface area contributed by atoms with Crippen LogP contribution in [0.1, 0.15) is 39.0 Å². The highest BCUT2D eigenvalue weighted by molar-refractivity contribution is 5.85. The summed E-state index contributed by atoms with van der Waals surface area (Å²) in [6.45, 7) is 3.33. The molecule has 62 valence electrons. The highest BCUT2D eigenvalue weighted by Crippen LogP contribution is 2.16. The quantitative estimate of drug-likeness (QED) is 0.659. The first-order chi connectivity index (χ1) is 4.43. The number of hydrogen-bond acceptors (Lipinski definition) is 1. The van der Waals surface area contributed by atoms with E-state index in [4.69, 9.17) is 0 Å². The van der Waals surface area contributed by atoms with E-state index in [-0.39, 0.29) is 12.4 Å². The molecule has 0 unspecified atom stereocenters. The molecule has 1 rings (SSSR count). The van der Waals surface area contributed by atoms with Gasteiger partial charge in [-0.25, -0.2) is 0 Å². The number of halogens is 1. The van der Waals surface area contributed by atoms with Gasteiger partial charge >= 0.3 is 0 Å². The van der Waals surface area contributed by atoms with E-state index < -0.39 is 0 Å². The smallest absolute Gasteiger partial charge is 0.00669 e. The predicted octanol–water partition coefficient (Wildman–Crippen LogP) is 2.35. The molecule has 1 aliphatic carbocycles. The van der Waals surface area contributed by atoms with Crippen molar-refractivity contribution < 1.29 is 0 Å². The number of rotatable bonds is 2. The molecule has 1 nitrogen and oxygen atoms in total. The highest BCUT2D eigenvalue weighted by Gasteiger charge is 2.10. The maximum absolute atomic E-state index is 3.48. The van der Waals surface area contributed by atoms with Gasteiger partial charge in [-0.15, -0.1) is 12.4 Å². The third-order valence-electron chi connectivity index (χ3n) is 2.10. The molecular weight excluding hydrogens is 146 g/mol. The zero-order valence-electron chi connectivity index (χ0n) is 6.73. The summed E-state index contributed by atoms with van der Waals surface area (Å²) in [4.78, 5) is 0. The van der Waals surface area contributed by atoms with Crippen LogP contribution >= 0.6 is 12.4 Å². The van der Waals surface area contributed by atoms with Crippen molar-refractivity contribution in [1.82, 2.24) is 5.32 Å². The minimum Gasteiger partial charge on any atom is -0.314 e. The summed E-state index contributed by atoms with van der Waals surface area (Å²) in [6.07, 6.45) is 7.17. The Bertz CT molecular complexity index is 66.9. The van der Waals surface area contributed by atoms with E-state index in [1.54, 1.807) is 0 Å². The second kappa shape index (κ2) is 5.99. The van der Waals surface area contributed by atoms with Crippen LogP contribution in [-0.2, 0) is 0 Å². The lowest BCUT2D eigenvalue weighted by Gasteiger charge is -2.21. The van der Waals surface area contributed by atoms with Crippen LogP contribution in [0.25, 0.3) is 0 Å². The Kier molecular flexibility index (Phi) is 6.14. The summed E-state index contributed by atoms with van der Waals surface area (Å²) in [5, 5.41) is 3.48. The molecule has 1 saturated carbocycles. The van der Waals surface area contributed by atoms with Gasteiger partial charge in [-0.05, 0) is 19.4 Å². The molecule has 10 heavy (non-hydrogen) atoms. The van der Waals surface area contributed by atoms with Crippen molar-refractivity contribution >= 4 is 12.4 Å². The summed E-state index contributed by atoms with van der Waals surface area (Å²) < 4.78 is 0. The number of hydrogen-bond donors (Lipinski definition) is 1. The molecule has 0 radical (unpaired) electrons. The second-order valence-corrected chi connectivity index (χ2v) is 2.89. The van der Waals surface area contributed by atoms with Crippen LogP contribution in [0, 0.1) is 0 Å². The SMILES string of the molecule is CCNC1CCCCC1.Cl. The van der Waals surface area contributed by atoms with Gasteiger partial charge in [0, 0.05) is 6.04 Å². The normalized spacial score (nSPS) is 20.1. The van der Waals surface area contributed by atoms with Crippen molar-refractivity contribution in [3.63, 3.8) is 0 Å². The Balaban J connectivity index is 0.000000810. The van der Waals surface area contributed by atoms with E-state index in [0.717, 1.165) is 12.6 Å². The largest absolute Gasteiger partial charge is 0.314 e. The molecule has 1 aliphatic rings. The van der Waals surface area contributed by atoms with Crippen LogP contribution in [0.5, 0.6) is 0 Å². The molecule has 0 aliphatic heterocycles. The zero-order valence-corrected chi connectivity index (χ0v) is 7.54. The van der Waals surface area contributed by atoms with Crippen LogP contribution in [0.15, 0.2) is 0 Å². The average molecular weight is 164 g/mol. The van der Waals surface area contributed by atoms with Gasteiger partial charge in [0.2, 0.25) is 0 Å². The maximum atomic E-state index is 3.48. The van der Waals surface area contributed by atoms with E-state index in [9.17, 15) is 0 Å². The Hall–Kier alpha value is 0.250. The molecule has 0 spiro atoms. The van der Waals surface area contributed by atoms with Crippen molar-refractivity contribution in [2.45, 2.75) is 45.1 Å². The summed E-state index contributed by atoms with van der Waals surface area (Å²) >= 11 is 0. The fourth-order valence-electron chi connectivity index (χ4n) is 1.60. The van der Waals surface area contributed by atoms with Gasteiger partial charge in [0.25, 0.3) is 0 Å². The molecular formula is C8H18ClN. The van der Waals surface area contributed by atoms with Crippen LogP contribution in [0.3, 0.4) is 0 Å². The molecule has 0 saturated heterocycles. The monoisotopic (exact) mass is 163 g/mol. The van der Waals surface area contributed by atoms with E-state index in [1.165, 1.54) is 32.1 Å². The maximum Gasteiger partial charge on any atom is 0.00669 e. The van der Waals surface area contributed by atoms with Crippen LogP contribution in [0.4, 0.5) is 0 Å². The minimum atomic E-state index is 0. The van der Waals surface area contributed by atoms with Gasteiger partial charge in [0.1, 0.15) is 0 Å². The molecule has 1 fully saturated rings. The minimum absolute atomic E-state index is 0. The van der Waals surface area contributed by atoms with Crippen molar-refractivity contribution in [1.29, 1.82) is 0 Å². The van der Waals surface area contributed by atoms with Crippen molar-refractivity contribution in [2.24, 2.45) is 0 Å². The van der Waals surface area contributed by atoms with Crippen LogP contribution in [-0.4, -0.2) is 12.6 Å². The van der Waals surface area contributed by atoms with Crippen molar-refractivity contribution in [3.8, 4) is 0 Å². The highest BCUT2D eigenvalue weighted by atomic mass is 35.5. The van der Waals surface area contributed by atoms with Gasteiger partial charge in [-0.1, -0.05) is 26.2 Å². The summed E-state index contributed by atoms with van der Waals surface area (Å²) in [6, 6.07) is 0.851. The molecule has 0 heterocycles. The zero-order chi connectivity index (χ0) is 6.53. The first-order valence-electron chi connectivity index (χ1n) is 4.17. The first-order valence-corrected chi connectivity index (χ1v) is 4.17. The summed E-state index contributed by atoms with van der Waals surface area (Å²) in [7, 11) is 0. The summed E-state index contributed by atoms with van der Waals surface area (Å²) in [5.74, 6) is 0. The Morgan fingerprint density at radius 1 is 1.20 bits per heavy atom. The van der Waals surface area contributed by atoms with Gasteiger partial charge < -0.3 is 5.32 Å². The second-order valence-electron chi connectivity index (χ2n) is 2.89. The Morgan fingerprint density at radius 2 is 1.80 bits per heavy atom. The van der Waals surface area contributed by atoms with E-state index in [0.29, 0.717) is 0 Å².